The monoisotopic (exact) mass is 425 g/mol. The lowest BCUT2D eigenvalue weighted by Gasteiger charge is -2.16. The Kier molecular flexibility index (Phi) is 6.63. The fourth-order valence-electron chi connectivity index (χ4n) is 3.47. The SMILES string of the molecule is CCNC(=NCc1ccc(-c2nc3ccccc3s2)o1)NCCCN1CCCC1=O. The fourth-order valence-corrected chi connectivity index (χ4v) is 4.40. The zero-order valence-corrected chi connectivity index (χ0v) is 18.0. The number of thiazole rings is 1. The quantitative estimate of drug-likeness (QED) is 0.327. The molecule has 1 aliphatic rings. The zero-order valence-electron chi connectivity index (χ0n) is 17.2. The number of para-hydroxylation sites is 1. The molecule has 2 aromatic heterocycles. The number of guanidine groups is 1. The van der Waals surface area contributed by atoms with Crippen LogP contribution in [-0.4, -0.2) is 47.9 Å². The lowest BCUT2D eigenvalue weighted by molar-refractivity contribution is -0.127. The first kappa shape index (κ1) is 20.4. The minimum Gasteiger partial charge on any atom is -0.457 e. The second-order valence-corrected chi connectivity index (χ2v) is 8.24. The van der Waals surface area contributed by atoms with Crippen molar-refractivity contribution in [3.05, 3.63) is 42.2 Å². The summed E-state index contributed by atoms with van der Waals surface area (Å²) in [5, 5.41) is 7.47. The highest BCUT2D eigenvalue weighted by atomic mass is 32.1. The van der Waals surface area contributed by atoms with E-state index in [9.17, 15) is 4.79 Å². The Labute approximate surface area is 180 Å². The van der Waals surface area contributed by atoms with E-state index >= 15 is 0 Å². The third kappa shape index (κ3) is 4.99. The third-order valence-corrected chi connectivity index (χ3v) is 6.02. The molecule has 4 rings (SSSR count). The van der Waals surface area contributed by atoms with Crippen LogP contribution in [0.25, 0.3) is 21.0 Å². The maximum Gasteiger partial charge on any atom is 0.222 e. The highest BCUT2D eigenvalue weighted by Crippen LogP contribution is 2.31. The molecule has 0 saturated carbocycles. The van der Waals surface area contributed by atoms with Gasteiger partial charge < -0.3 is 20.0 Å². The second-order valence-electron chi connectivity index (χ2n) is 7.21. The largest absolute Gasteiger partial charge is 0.457 e. The Bertz CT molecular complexity index is 992. The van der Waals surface area contributed by atoms with Gasteiger partial charge in [0.15, 0.2) is 16.7 Å². The molecule has 0 aliphatic carbocycles. The summed E-state index contributed by atoms with van der Waals surface area (Å²) in [6, 6.07) is 12.0. The molecule has 30 heavy (non-hydrogen) atoms. The first-order valence-corrected chi connectivity index (χ1v) is 11.3. The van der Waals surface area contributed by atoms with Crippen molar-refractivity contribution < 1.29 is 9.21 Å². The number of likely N-dealkylation sites (tertiary alicyclic amines) is 1. The highest BCUT2D eigenvalue weighted by Gasteiger charge is 2.19. The molecule has 1 aromatic carbocycles. The first-order chi connectivity index (χ1) is 14.7. The lowest BCUT2D eigenvalue weighted by atomic mass is 10.3. The lowest BCUT2D eigenvalue weighted by Crippen LogP contribution is -2.39. The Morgan fingerprint density at radius 3 is 2.97 bits per heavy atom. The molecule has 158 valence electrons. The van der Waals surface area contributed by atoms with Crippen molar-refractivity contribution in [3.8, 4) is 10.8 Å². The maximum atomic E-state index is 11.7. The van der Waals surface area contributed by atoms with Crippen molar-refractivity contribution in [1.82, 2.24) is 20.5 Å². The average Bonchev–Trinajstić information content (AvgIpc) is 3.48. The van der Waals surface area contributed by atoms with Crippen LogP contribution in [0.1, 0.15) is 31.9 Å². The van der Waals surface area contributed by atoms with Gasteiger partial charge in [0.1, 0.15) is 12.3 Å². The Balaban J connectivity index is 1.31. The van der Waals surface area contributed by atoms with Gasteiger partial charge in [0, 0.05) is 32.6 Å². The van der Waals surface area contributed by atoms with Crippen molar-refractivity contribution >= 4 is 33.4 Å². The van der Waals surface area contributed by atoms with Gasteiger partial charge in [0.25, 0.3) is 0 Å². The molecule has 0 spiro atoms. The molecule has 0 unspecified atom stereocenters. The summed E-state index contributed by atoms with van der Waals surface area (Å²) in [6.07, 6.45) is 2.58. The zero-order chi connectivity index (χ0) is 20.8. The minimum absolute atomic E-state index is 0.275. The number of rotatable bonds is 8. The standard InChI is InChI=1S/C22H27N5O2S/c1-2-23-22(24-12-6-14-27-13-5-9-20(27)28)25-15-16-10-11-18(29-16)21-26-17-7-3-4-8-19(17)30-21/h3-4,7-8,10-11H,2,5-6,9,12-15H2,1H3,(H2,23,24,25). The van der Waals surface area contributed by atoms with E-state index in [0.717, 1.165) is 71.7 Å². The Morgan fingerprint density at radius 1 is 1.27 bits per heavy atom. The summed E-state index contributed by atoms with van der Waals surface area (Å²) in [7, 11) is 0. The third-order valence-electron chi connectivity index (χ3n) is 4.97. The van der Waals surface area contributed by atoms with Crippen LogP contribution in [-0.2, 0) is 11.3 Å². The van der Waals surface area contributed by atoms with Gasteiger partial charge in [-0.1, -0.05) is 12.1 Å². The summed E-state index contributed by atoms with van der Waals surface area (Å²) in [5.41, 5.74) is 0.989. The molecule has 1 fully saturated rings. The van der Waals surface area contributed by atoms with Gasteiger partial charge in [-0.25, -0.2) is 9.98 Å². The van der Waals surface area contributed by atoms with Crippen molar-refractivity contribution in [1.29, 1.82) is 0 Å². The van der Waals surface area contributed by atoms with Crippen molar-refractivity contribution in [2.24, 2.45) is 4.99 Å². The first-order valence-electron chi connectivity index (χ1n) is 10.5. The number of hydrogen-bond donors (Lipinski definition) is 2. The van der Waals surface area contributed by atoms with Crippen LogP contribution >= 0.6 is 11.3 Å². The molecule has 0 radical (unpaired) electrons. The number of carbonyl (C=O) groups is 1. The van der Waals surface area contributed by atoms with Gasteiger partial charge in [-0.15, -0.1) is 11.3 Å². The van der Waals surface area contributed by atoms with E-state index in [1.54, 1.807) is 11.3 Å². The van der Waals surface area contributed by atoms with Crippen molar-refractivity contribution in [3.63, 3.8) is 0 Å². The van der Waals surface area contributed by atoms with E-state index in [2.05, 4.69) is 26.7 Å². The molecule has 3 aromatic rings. The van der Waals surface area contributed by atoms with Crippen LogP contribution in [0, 0.1) is 0 Å². The van der Waals surface area contributed by atoms with Crippen LogP contribution < -0.4 is 10.6 Å². The van der Waals surface area contributed by atoms with Gasteiger partial charge in [0.05, 0.1) is 10.2 Å². The number of nitrogens with one attached hydrogen (secondary N) is 2. The summed E-state index contributed by atoms with van der Waals surface area (Å²) >= 11 is 1.63. The molecule has 2 N–H and O–H groups in total. The van der Waals surface area contributed by atoms with E-state index in [0.29, 0.717) is 13.0 Å². The summed E-state index contributed by atoms with van der Waals surface area (Å²) < 4.78 is 7.12. The average molecular weight is 426 g/mol. The van der Waals surface area contributed by atoms with Gasteiger partial charge >= 0.3 is 0 Å². The number of aliphatic imine (C=N–C) groups is 1. The van der Waals surface area contributed by atoms with Crippen LogP contribution in [0.2, 0.25) is 0 Å². The number of benzene rings is 1. The molecular formula is C22H27N5O2S. The number of hydrogen-bond acceptors (Lipinski definition) is 5. The minimum atomic E-state index is 0.275. The van der Waals surface area contributed by atoms with E-state index in [1.807, 2.05) is 42.2 Å². The van der Waals surface area contributed by atoms with Crippen LogP contribution in [0.5, 0.6) is 0 Å². The smallest absolute Gasteiger partial charge is 0.222 e. The fraction of sp³-hybridized carbons (Fsp3) is 0.409. The Morgan fingerprint density at radius 2 is 2.17 bits per heavy atom. The number of nitrogens with zero attached hydrogens (tertiary/aromatic N) is 3. The van der Waals surface area contributed by atoms with Gasteiger partial charge in [-0.2, -0.15) is 0 Å². The van der Waals surface area contributed by atoms with E-state index in [1.165, 1.54) is 0 Å². The van der Waals surface area contributed by atoms with Crippen molar-refractivity contribution in [2.45, 2.75) is 32.7 Å². The second kappa shape index (κ2) is 9.75. The number of aromatic nitrogens is 1. The van der Waals surface area contributed by atoms with E-state index in [4.69, 9.17) is 4.42 Å². The predicted molar refractivity (Wildman–Crippen MR) is 121 cm³/mol. The van der Waals surface area contributed by atoms with Crippen molar-refractivity contribution in [2.75, 3.05) is 26.2 Å². The number of amides is 1. The number of fused-ring (bicyclic) bond motifs is 1. The van der Waals surface area contributed by atoms with E-state index < -0.39 is 0 Å². The number of furan rings is 1. The molecule has 0 atom stereocenters. The van der Waals surface area contributed by atoms with Crippen LogP contribution in [0.3, 0.4) is 0 Å². The topological polar surface area (TPSA) is 82.8 Å². The van der Waals surface area contributed by atoms with E-state index in [-0.39, 0.29) is 5.91 Å². The molecule has 1 amide bonds. The summed E-state index contributed by atoms with van der Waals surface area (Å²) in [6.45, 7) is 5.73. The van der Waals surface area contributed by atoms with Crippen LogP contribution in [0.4, 0.5) is 0 Å². The summed E-state index contributed by atoms with van der Waals surface area (Å²) in [4.78, 5) is 22.9. The highest BCUT2D eigenvalue weighted by molar-refractivity contribution is 7.21. The Hall–Kier alpha value is -2.87. The normalized spacial score (nSPS) is 14.6. The van der Waals surface area contributed by atoms with Gasteiger partial charge in [-0.05, 0) is 44.0 Å². The maximum absolute atomic E-state index is 11.7. The molecule has 8 heteroatoms. The number of carbonyl (C=O) groups excluding carboxylic acids is 1. The molecule has 7 nitrogen and oxygen atoms in total. The molecule has 0 bridgehead atoms. The molecule has 1 aliphatic heterocycles. The summed E-state index contributed by atoms with van der Waals surface area (Å²) in [5.74, 6) is 2.60. The molecule has 1 saturated heterocycles. The van der Waals surface area contributed by atoms with Crippen LogP contribution in [0.15, 0.2) is 45.8 Å². The molecule has 3 heterocycles. The van der Waals surface area contributed by atoms with Gasteiger partial charge in [-0.3, -0.25) is 4.79 Å². The molecular weight excluding hydrogens is 398 g/mol. The van der Waals surface area contributed by atoms with Gasteiger partial charge in [0.2, 0.25) is 5.91 Å². The predicted octanol–water partition coefficient (Wildman–Crippen LogP) is 3.62.